The summed E-state index contributed by atoms with van der Waals surface area (Å²) in [6, 6.07) is 0. The van der Waals surface area contributed by atoms with E-state index in [-0.39, 0.29) is 29.3 Å². The van der Waals surface area contributed by atoms with Crippen LogP contribution >= 0.6 is 12.2 Å². The molecule has 0 aliphatic heterocycles. The molecule has 0 radical (unpaired) electrons. The Bertz CT molecular complexity index is 316. The van der Waals surface area contributed by atoms with E-state index in [0.29, 0.717) is 0 Å². The molecule has 0 heterocycles. The van der Waals surface area contributed by atoms with E-state index in [1.807, 2.05) is 13.8 Å². The third kappa shape index (κ3) is 4.68. The molecule has 0 saturated carbocycles. The molecule has 0 aliphatic rings. The number of carbonyl (C=O) groups excluding carboxylic acids is 2. The number of nitrogens with zero attached hydrogens (tertiary/aromatic N) is 2. The summed E-state index contributed by atoms with van der Waals surface area (Å²) in [5.41, 5.74) is 5.56. The van der Waals surface area contributed by atoms with Gasteiger partial charge in [0.15, 0.2) is 0 Å². The Morgan fingerprint density at radius 3 is 2.00 bits per heavy atom. The van der Waals surface area contributed by atoms with Crippen LogP contribution in [0.5, 0.6) is 0 Å². The molecular formula is C11H21N3O2S. The summed E-state index contributed by atoms with van der Waals surface area (Å²) in [6.45, 7) is 3.80. The minimum absolute atomic E-state index is 0.0249. The third-order valence-electron chi connectivity index (χ3n) is 2.49. The van der Waals surface area contributed by atoms with Gasteiger partial charge in [-0.15, -0.1) is 0 Å². The maximum atomic E-state index is 12.1. The first-order valence-electron chi connectivity index (χ1n) is 5.43. The highest BCUT2D eigenvalue weighted by molar-refractivity contribution is 7.80. The van der Waals surface area contributed by atoms with Crippen LogP contribution in [0, 0.1) is 11.8 Å². The van der Waals surface area contributed by atoms with Gasteiger partial charge >= 0.3 is 0 Å². The Morgan fingerprint density at radius 1 is 1.24 bits per heavy atom. The predicted octanol–water partition coefficient (Wildman–Crippen LogP) is 0.0913. The lowest BCUT2D eigenvalue weighted by molar-refractivity contribution is -0.139. The quantitative estimate of drug-likeness (QED) is 0.711. The van der Waals surface area contributed by atoms with Crippen molar-refractivity contribution in [3.05, 3.63) is 0 Å². The topological polar surface area (TPSA) is 66.6 Å². The second-order valence-corrected chi connectivity index (χ2v) is 5.08. The summed E-state index contributed by atoms with van der Waals surface area (Å²) in [4.78, 5) is 26.5. The van der Waals surface area contributed by atoms with Crippen LogP contribution in [-0.4, -0.2) is 54.3 Å². The van der Waals surface area contributed by atoms with Crippen LogP contribution in [0.1, 0.15) is 13.8 Å². The lowest BCUT2D eigenvalue weighted by Gasteiger charge is -2.26. The van der Waals surface area contributed by atoms with Gasteiger partial charge in [0, 0.05) is 21.1 Å². The van der Waals surface area contributed by atoms with Crippen molar-refractivity contribution in [2.45, 2.75) is 13.8 Å². The Kier molecular flexibility index (Phi) is 6.09. The number of nitrogens with two attached hydrogens (primary N) is 1. The van der Waals surface area contributed by atoms with Crippen LogP contribution in [0.15, 0.2) is 0 Å². The number of hydrogen-bond donors (Lipinski definition) is 1. The van der Waals surface area contributed by atoms with Crippen molar-refractivity contribution in [1.82, 2.24) is 9.80 Å². The van der Waals surface area contributed by atoms with Gasteiger partial charge in [-0.25, -0.2) is 0 Å². The SMILES string of the molecule is CC(C)C(C(=O)N(C)CC(=O)N(C)C)C(N)=S. The standard InChI is InChI=1S/C11H21N3O2S/c1-7(2)9(10(12)17)11(16)14(5)6-8(15)13(3)4/h7,9H,6H2,1-5H3,(H2,12,17). The second kappa shape index (κ2) is 6.54. The first-order valence-corrected chi connectivity index (χ1v) is 5.83. The normalized spacial score (nSPS) is 12.1. The van der Waals surface area contributed by atoms with Crippen molar-refractivity contribution < 1.29 is 9.59 Å². The van der Waals surface area contributed by atoms with Crippen LogP contribution < -0.4 is 5.73 Å². The van der Waals surface area contributed by atoms with Gasteiger partial charge in [-0.3, -0.25) is 9.59 Å². The third-order valence-corrected chi connectivity index (χ3v) is 2.74. The fourth-order valence-electron chi connectivity index (χ4n) is 1.40. The van der Waals surface area contributed by atoms with Gasteiger partial charge in [0.25, 0.3) is 0 Å². The van der Waals surface area contributed by atoms with E-state index in [1.54, 1.807) is 21.1 Å². The van der Waals surface area contributed by atoms with Crippen LogP contribution in [0.2, 0.25) is 0 Å². The van der Waals surface area contributed by atoms with Crippen LogP contribution in [0.4, 0.5) is 0 Å². The second-order valence-electron chi connectivity index (χ2n) is 4.61. The molecule has 1 atom stereocenters. The zero-order valence-electron chi connectivity index (χ0n) is 11.1. The average Bonchev–Trinajstić information content (AvgIpc) is 2.15. The molecule has 0 saturated heterocycles. The number of hydrogen-bond acceptors (Lipinski definition) is 3. The predicted molar refractivity (Wildman–Crippen MR) is 71.4 cm³/mol. The molecule has 1 unspecified atom stereocenters. The first kappa shape index (κ1) is 15.8. The minimum atomic E-state index is -0.509. The highest BCUT2D eigenvalue weighted by Crippen LogP contribution is 2.14. The van der Waals surface area contributed by atoms with Gasteiger partial charge in [0.1, 0.15) is 0 Å². The van der Waals surface area contributed by atoms with Crippen LogP contribution in [-0.2, 0) is 9.59 Å². The zero-order valence-corrected chi connectivity index (χ0v) is 11.9. The Morgan fingerprint density at radius 2 is 1.71 bits per heavy atom. The van der Waals surface area contributed by atoms with E-state index in [9.17, 15) is 9.59 Å². The highest BCUT2D eigenvalue weighted by Gasteiger charge is 2.28. The molecule has 2 amide bonds. The number of thiocarbonyl (C=S) groups is 1. The van der Waals surface area contributed by atoms with Gasteiger partial charge in [0.2, 0.25) is 11.8 Å². The molecule has 17 heavy (non-hydrogen) atoms. The van der Waals surface area contributed by atoms with Crippen molar-refractivity contribution in [3.63, 3.8) is 0 Å². The van der Waals surface area contributed by atoms with E-state index in [4.69, 9.17) is 18.0 Å². The van der Waals surface area contributed by atoms with E-state index >= 15 is 0 Å². The van der Waals surface area contributed by atoms with Gasteiger partial charge in [0.05, 0.1) is 17.5 Å². The van der Waals surface area contributed by atoms with Gasteiger partial charge in [-0.1, -0.05) is 26.1 Å². The first-order chi connectivity index (χ1) is 7.68. The fraction of sp³-hybridized carbons (Fsp3) is 0.727. The Balaban J connectivity index is 4.68. The number of amides is 2. The van der Waals surface area contributed by atoms with Gasteiger partial charge in [-0.05, 0) is 5.92 Å². The van der Waals surface area contributed by atoms with Crippen molar-refractivity contribution in [1.29, 1.82) is 0 Å². The minimum Gasteiger partial charge on any atom is -0.393 e. The van der Waals surface area contributed by atoms with Crippen LogP contribution in [0.3, 0.4) is 0 Å². The Hall–Kier alpha value is -1.17. The highest BCUT2D eigenvalue weighted by atomic mass is 32.1. The van der Waals surface area contributed by atoms with Gasteiger partial charge < -0.3 is 15.5 Å². The molecule has 98 valence electrons. The van der Waals surface area contributed by atoms with Crippen molar-refractivity contribution >= 4 is 29.0 Å². The molecule has 0 aromatic rings. The van der Waals surface area contributed by atoms with Gasteiger partial charge in [-0.2, -0.15) is 0 Å². The lowest BCUT2D eigenvalue weighted by atomic mass is 9.94. The van der Waals surface area contributed by atoms with Crippen molar-refractivity contribution in [3.8, 4) is 0 Å². The molecule has 5 nitrogen and oxygen atoms in total. The van der Waals surface area contributed by atoms with Crippen molar-refractivity contribution in [2.75, 3.05) is 27.7 Å². The molecule has 0 bridgehead atoms. The summed E-state index contributed by atoms with van der Waals surface area (Å²) < 4.78 is 0. The summed E-state index contributed by atoms with van der Waals surface area (Å²) in [7, 11) is 4.87. The van der Waals surface area contributed by atoms with E-state index in [0.717, 1.165) is 0 Å². The molecule has 0 aromatic heterocycles. The molecule has 2 N–H and O–H groups in total. The van der Waals surface area contributed by atoms with E-state index in [2.05, 4.69) is 0 Å². The molecule has 6 heteroatoms. The summed E-state index contributed by atoms with van der Waals surface area (Å²) in [5.74, 6) is -0.823. The lowest BCUT2D eigenvalue weighted by Crippen LogP contribution is -2.45. The maximum Gasteiger partial charge on any atom is 0.241 e. The Labute approximate surface area is 108 Å². The summed E-state index contributed by atoms with van der Waals surface area (Å²) in [6.07, 6.45) is 0. The zero-order chi connectivity index (χ0) is 13.7. The number of carbonyl (C=O) groups is 2. The van der Waals surface area contributed by atoms with E-state index < -0.39 is 5.92 Å². The molecule has 0 fully saturated rings. The number of likely N-dealkylation sites (N-methyl/N-ethyl adjacent to an activating group) is 2. The average molecular weight is 259 g/mol. The van der Waals surface area contributed by atoms with Crippen molar-refractivity contribution in [2.24, 2.45) is 17.6 Å². The summed E-state index contributed by atoms with van der Waals surface area (Å²) in [5, 5.41) is 0. The maximum absolute atomic E-state index is 12.1. The monoisotopic (exact) mass is 259 g/mol. The molecular weight excluding hydrogens is 238 g/mol. The summed E-state index contributed by atoms with van der Waals surface area (Å²) >= 11 is 4.89. The number of rotatable bonds is 5. The molecule has 0 spiro atoms. The fourth-order valence-corrected chi connectivity index (χ4v) is 1.77. The smallest absolute Gasteiger partial charge is 0.241 e. The van der Waals surface area contributed by atoms with Crippen LogP contribution in [0.25, 0.3) is 0 Å². The largest absolute Gasteiger partial charge is 0.393 e. The molecule has 0 aromatic carbocycles. The molecule has 0 rings (SSSR count). The molecule has 0 aliphatic carbocycles. The van der Waals surface area contributed by atoms with E-state index in [1.165, 1.54) is 9.80 Å².